The zero-order chi connectivity index (χ0) is 13.8. The maximum Gasteiger partial charge on any atom is 0.167 e. The Balaban J connectivity index is 2.26. The van der Waals surface area contributed by atoms with Gasteiger partial charge in [-0.2, -0.15) is 5.26 Å². The number of halogens is 3. The van der Waals surface area contributed by atoms with Crippen LogP contribution in [0.2, 0.25) is 5.02 Å². The number of rotatable bonds is 3. The molecule has 0 heterocycles. The van der Waals surface area contributed by atoms with Gasteiger partial charge >= 0.3 is 0 Å². The molecule has 0 aliphatic carbocycles. The van der Waals surface area contributed by atoms with Crippen molar-refractivity contribution < 1.29 is 9.13 Å². The van der Waals surface area contributed by atoms with E-state index in [1.54, 1.807) is 18.2 Å². The fourth-order valence-electron chi connectivity index (χ4n) is 1.48. The van der Waals surface area contributed by atoms with Crippen LogP contribution in [0.4, 0.5) is 4.39 Å². The summed E-state index contributed by atoms with van der Waals surface area (Å²) >= 11 is 9.35. The van der Waals surface area contributed by atoms with E-state index in [9.17, 15) is 4.39 Å². The molecular weight excluding hydrogens is 333 g/mol. The first-order valence-electron chi connectivity index (χ1n) is 5.36. The molecule has 2 aromatic carbocycles. The van der Waals surface area contributed by atoms with E-state index in [0.717, 1.165) is 11.6 Å². The highest BCUT2D eigenvalue weighted by molar-refractivity contribution is 9.08. The lowest BCUT2D eigenvalue weighted by atomic mass is 10.2. The predicted molar refractivity (Wildman–Crippen MR) is 75.3 cm³/mol. The second-order valence-corrected chi connectivity index (χ2v) is 4.71. The van der Waals surface area contributed by atoms with Crippen LogP contribution in [0.25, 0.3) is 0 Å². The summed E-state index contributed by atoms with van der Waals surface area (Å²) in [4.78, 5) is 0. The lowest BCUT2D eigenvalue weighted by Crippen LogP contribution is -1.90. The van der Waals surface area contributed by atoms with Gasteiger partial charge < -0.3 is 4.74 Å². The lowest BCUT2D eigenvalue weighted by Gasteiger charge is -2.08. The summed E-state index contributed by atoms with van der Waals surface area (Å²) in [6, 6.07) is 11.0. The van der Waals surface area contributed by atoms with E-state index in [1.165, 1.54) is 12.1 Å². The van der Waals surface area contributed by atoms with E-state index >= 15 is 0 Å². The highest BCUT2D eigenvalue weighted by Gasteiger charge is 2.07. The second-order valence-electron chi connectivity index (χ2n) is 3.75. The van der Waals surface area contributed by atoms with Crippen molar-refractivity contribution in [3.05, 3.63) is 58.4 Å². The molecule has 96 valence electrons. The normalized spacial score (nSPS) is 10.0. The predicted octanol–water partition coefficient (Wildman–Crippen LogP) is 5.04. The molecule has 0 saturated heterocycles. The molecule has 0 atom stereocenters. The number of benzene rings is 2. The van der Waals surface area contributed by atoms with Gasteiger partial charge in [0.15, 0.2) is 11.6 Å². The molecule has 0 aromatic heterocycles. The van der Waals surface area contributed by atoms with E-state index in [1.807, 2.05) is 6.07 Å². The fraction of sp³-hybridized carbons (Fsp3) is 0.0714. The van der Waals surface area contributed by atoms with Gasteiger partial charge in [0, 0.05) is 10.4 Å². The Kier molecular flexibility index (Phi) is 4.41. The van der Waals surface area contributed by atoms with Gasteiger partial charge in [0.2, 0.25) is 0 Å². The average molecular weight is 341 g/mol. The minimum Gasteiger partial charge on any atom is -0.454 e. The summed E-state index contributed by atoms with van der Waals surface area (Å²) < 4.78 is 19.1. The zero-order valence-corrected chi connectivity index (χ0v) is 12.0. The maximum absolute atomic E-state index is 13.7. The van der Waals surface area contributed by atoms with Crippen LogP contribution in [-0.4, -0.2) is 0 Å². The Morgan fingerprint density at radius 3 is 2.63 bits per heavy atom. The van der Waals surface area contributed by atoms with Crippen molar-refractivity contribution in [2.75, 3.05) is 0 Å². The Labute approximate surface area is 123 Å². The van der Waals surface area contributed by atoms with E-state index in [4.69, 9.17) is 21.6 Å². The number of alkyl halides is 1. The molecule has 0 radical (unpaired) electrons. The van der Waals surface area contributed by atoms with Gasteiger partial charge in [0.25, 0.3) is 0 Å². The van der Waals surface area contributed by atoms with Crippen LogP contribution in [0.5, 0.6) is 11.5 Å². The molecule has 2 rings (SSSR count). The molecule has 19 heavy (non-hydrogen) atoms. The minimum absolute atomic E-state index is 0.0571. The largest absolute Gasteiger partial charge is 0.454 e. The van der Waals surface area contributed by atoms with Gasteiger partial charge in [-0.3, -0.25) is 0 Å². The van der Waals surface area contributed by atoms with Gasteiger partial charge in [-0.15, -0.1) is 0 Å². The van der Waals surface area contributed by atoms with E-state index in [2.05, 4.69) is 15.9 Å². The smallest absolute Gasteiger partial charge is 0.167 e. The van der Waals surface area contributed by atoms with Crippen molar-refractivity contribution in [2.24, 2.45) is 0 Å². The van der Waals surface area contributed by atoms with Crippen molar-refractivity contribution in [1.82, 2.24) is 0 Å². The number of nitriles is 1. The molecule has 0 bridgehead atoms. The SMILES string of the molecule is N#Cc1ccc(Oc2ccc(CBr)c(Cl)c2)c(F)c1. The number of hydrogen-bond acceptors (Lipinski definition) is 2. The Hall–Kier alpha value is -1.57. The molecule has 0 saturated carbocycles. The third-order valence-electron chi connectivity index (χ3n) is 2.46. The van der Waals surface area contributed by atoms with Crippen molar-refractivity contribution in [3.63, 3.8) is 0 Å². The summed E-state index contributed by atoms with van der Waals surface area (Å²) in [6.07, 6.45) is 0. The van der Waals surface area contributed by atoms with Gasteiger partial charge in [-0.05, 0) is 35.9 Å². The molecular formula is C14H8BrClFNO. The summed E-state index contributed by atoms with van der Waals surface area (Å²) in [7, 11) is 0. The second kappa shape index (κ2) is 6.05. The van der Waals surface area contributed by atoms with Crippen molar-refractivity contribution in [1.29, 1.82) is 5.26 Å². The highest BCUT2D eigenvalue weighted by Crippen LogP contribution is 2.29. The van der Waals surface area contributed by atoms with Gasteiger partial charge in [0.1, 0.15) is 5.75 Å². The minimum atomic E-state index is -0.584. The van der Waals surface area contributed by atoms with Gasteiger partial charge in [-0.25, -0.2) is 4.39 Å². The average Bonchev–Trinajstić information content (AvgIpc) is 2.41. The number of hydrogen-bond donors (Lipinski definition) is 0. The summed E-state index contributed by atoms with van der Waals surface area (Å²) in [6.45, 7) is 0. The van der Waals surface area contributed by atoms with Crippen LogP contribution < -0.4 is 4.74 Å². The monoisotopic (exact) mass is 339 g/mol. The molecule has 0 N–H and O–H groups in total. The summed E-state index contributed by atoms with van der Waals surface area (Å²) in [5.41, 5.74) is 1.17. The molecule has 0 aliphatic heterocycles. The third-order valence-corrected chi connectivity index (χ3v) is 3.41. The zero-order valence-electron chi connectivity index (χ0n) is 9.66. The van der Waals surface area contributed by atoms with Crippen molar-refractivity contribution in [2.45, 2.75) is 5.33 Å². The van der Waals surface area contributed by atoms with Crippen molar-refractivity contribution in [3.8, 4) is 17.6 Å². The van der Waals surface area contributed by atoms with Crippen molar-refractivity contribution >= 4 is 27.5 Å². The van der Waals surface area contributed by atoms with Crippen LogP contribution >= 0.6 is 27.5 Å². The highest BCUT2D eigenvalue weighted by atomic mass is 79.9. The molecule has 2 nitrogen and oxygen atoms in total. The molecule has 0 spiro atoms. The first kappa shape index (κ1) is 13.9. The topological polar surface area (TPSA) is 33.0 Å². The summed E-state index contributed by atoms with van der Waals surface area (Å²) in [5, 5.41) is 9.84. The van der Waals surface area contributed by atoms with E-state index in [-0.39, 0.29) is 11.3 Å². The van der Waals surface area contributed by atoms with Crippen LogP contribution in [0.3, 0.4) is 0 Å². The molecule has 0 aliphatic rings. The molecule has 0 fully saturated rings. The van der Waals surface area contributed by atoms with Gasteiger partial charge in [-0.1, -0.05) is 33.6 Å². The molecule has 0 amide bonds. The van der Waals surface area contributed by atoms with Crippen LogP contribution in [0.1, 0.15) is 11.1 Å². The molecule has 0 unspecified atom stereocenters. The number of ether oxygens (including phenoxy) is 1. The summed E-state index contributed by atoms with van der Waals surface area (Å²) in [5.74, 6) is -0.0836. The van der Waals surface area contributed by atoms with Crippen LogP contribution in [0, 0.1) is 17.1 Å². The fourth-order valence-corrected chi connectivity index (χ4v) is 2.37. The van der Waals surface area contributed by atoms with Crippen LogP contribution in [0.15, 0.2) is 36.4 Å². The quantitative estimate of drug-likeness (QED) is 0.733. The molecule has 5 heteroatoms. The Bertz CT molecular complexity index is 654. The van der Waals surface area contributed by atoms with Gasteiger partial charge in [0.05, 0.1) is 11.6 Å². The first-order valence-corrected chi connectivity index (χ1v) is 6.86. The number of nitrogens with zero attached hydrogens (tertiary/aromatic N) is 1. The first-order chi connectivity index (χ1) is 9.13. The Morgan fingerprint density at radius 2 is 2.05 bits per heavy atom. The van der Waals surface area contributed by atoms with E-state index in [0.29, 0.717) is 16.1 Å². The molecule has 2 aromatic rings. The van der Waals surface area contributed by atoms with Crippen LogP contribution in [-0.2, 0) is 5.33 Å². The van der Waals surface area contributed by atoms with E-state index < -0.39 is 5.82 Å². The Morgan fingerprint density at radius 1 is 1.26 bits per heavy atom. The third kappa shape index (κ3) is 3.25. The maximum atomic E-state index is 13.7. The standard InChI is InChI=1S/C14H8BrClFNO/c15-7-10-2-3-11(6-12(10)16)19-14-4-1-9(8-18)5-13(14)17/h1-6H,7H2. The lowest BCUT2D eigenvalue weighted by molar-refractivity contribution is 0.442.